The zero-order valence-corrected chi connectivity index (χ0v) is 12.8. The molecular formula is C16H23FN2O2. The molecule has 2 rings (SSSR count). The fourth-order valence-corrected chi connectivity index (χ4v) is 2.54. The summed E-state index contributed by atoms with van der Waals surface area (Å²) in [4.78, 5) is 12.1. The van der Waals surface area contributed by atoms with Crippen LogP contribution >= 0.6 is 0 Å². The SMILES string of the molecule is Cc1ccc(NC(=O)[C@H](C)N[C@H](C)[C@H]2CCCO2)c(F)c1. The van der Waals surface area contributed by atoms with Gasteiger partial charge in [0.1, 0.15) is 5.82 Å². The first-order chi connectivity index (χ1) is 9.97. The minimum atomic E-state index is -0.414. The Balaban J connectivity index is 1.89. The number of rotatable bonds is 5. The molecule has 1 aromatic carbocycles. The minimum absolute atomic E-state index is 0.0936. The van der Waals surface area contributed by atoms with E-state index in [-0.39, 0.29) is 23.7 Å². The van der Waals surface area contributed by atoms with E-state index >= 15 is 0 Å². The van der Waals surface area contributed by atoms with Crippen molar-refractivity contribution in [1.82, 2.24) is 5.32 Å². The van der Waals surface area contributed by atoms with Gasteiger partial charge in [0.05, 0.1) is 17.8 Å². The van der Waals surface area contributed by atoms with Gasteiger partial charge in [0, 0.05) is 12.6 Å². The predicted molar refractivity (Wildman–Crippen MR) is 80.8 cm³/mol. The standard InChI is InChI=1S/C16H23FN2O2/c1-10-6-7-14(13(17)9-10)19-16(20)12(3)18-11(2)15-5-4-8-21-15/h6-7,9,11-12,15,18H,4-5,8H2,1-3H3,(H,19,20)/t11-,12+,15-/m1/s1. The second-order valence-corrected chi connectivity index (χ2v) is 5.70. The second-order valence-electron chi connectivity index (χ2n) is 5.70. The summed E-state index contributed by atoms with van der Waals surface area (Å²) < 4.78 is 19.3. The molecule has 0 saturated carbocycles. The average Bonchev–Trinajstić information content (AvgIpc) is 2.95. The molecule has 1 aliphatic rings. The molecular weight excluding hydrogens is 271 g/mol. The molecule has 0 unspecified atom stereocenters. The van der Waals surface area contributed by atoms with Gasteiger partial charge in [0.25, 0.3) is 0 Å². The van der Waals surface area contributed by atoms with Crippen molar-refractivity contribution in [2.75, 3.05) is 11.9 Å². The van der Waals surface area contributed by atoms with Crippen LogP contribution in [0.4, 0.5) is 10.1 Å². The van der Waals surface area contributed by atoms with Crippen LogP contribution < -0.4 is 10.6 Å². The number of aryl methyl sites for hydroxylation is 1. The molecule has 1 saturated heterocycles. The number of carbonyl (C=O) groups excluding carboxylic acids is 1. The van der Waals surface area contributed by atoms with Crippen molar-refractivity contribution >= 4 is 11.6 Å². The van der Waals surface area contributed by atoms with Gasteiger partial charge in [-0.25, -0.2) is 4.39 Å². The summed E-state index contributed by atoms with van der Waals surface area (Å²) in [6, 6.07) is 4.44. The van der Waals surface area contributed by atoms with E-state index in [1.807, 2.05) is 13.8 Å². The van der Waals surface area contributed by atoms with Gasteiger partial charge < -0.3 is 15.4 Å². The van der Waals surface area contributed by atoms with E-state index in [2.05, 4.69) is 10.6 Å². The van der Waals surface area contributed by atoms with Crippen molar-refractivity contribution in [2.45, 2.75) is 51.8 Å². The van der Waals surface area contributed by atoms with Crippen LogP contribution in [-0.4, -0.2) is 30.7 Å². The Hall–Kier alpha value is -1.46. The van der Waals surface area contributed by atoms with Gasteiger partial charge in [0.15, 0.2) is 0 Å². The van der Waals surface area contributed by atoms with E-state index in [9.17, 15) is 9.18 Å². The van der Waals surface area contributed by atoms with Gasteiger partial charge in [-0.05, 0) is 51.3 Å². The van der Waals surface area contributed by atoms with Crippen molar-refractivity contribution < 1.29 is 13.9 Å². The monoisotopic (exact) mass is 294 g/mol. The van der Waals surface area contributed by atoms with Crippen LogP contribution in [0.3, 0.4) is 0 Å². The average molecular weight is 294 g/mol. The number of anilines is 1. The molecule has 0 aromatic heterocycles. The quantitative estimate of drug-likeness (QED) is 0.877. The molecule has 1 fully saturated rings. The van der Waals surface area contributed by atoms with Crippen molar-refractivity contribution in [1.29, 1.82) is 0 Å². The molecule has 0 spiro atoms. The smallest absolute Gasteiger partial charge is 0.241 e. The summed E-state index contributed by atoms with van der Waals surface area (Å²) in [6.45, 7) is 6.37. The number of ether oxygens (including phenoxy) is 1. The molecule has 116 valence electrons. The number of carbonyl (C=O) groups is 1. The Morgan fingerprint density at radius 2 is 2.19 bits per heavy atom. The van der Waals surface area contributed by atoms with Gasteiger partial charge in [0.2, 0.25) is 5.91 Å². The molecule has 3 atom stereocenters. The third-order valence-electron chi connectivity index (χ3n) is 3.81. The fourth-order valence-electron chi connectivity index (χ4n) is 2.54. The van der Waals surface area contributed by atoms with Crippen molar-refractivity contribution in [2.24, 2.45) is 0 Å². The molecule has 1 aliphatic heterocycles. The van der Waals surface area contributed by atoms with E-state index in [0.29, 0.717) is 0 Å². The van der Waals surface area contributed by atoms with E-state index in [0.717, 1.165) is 25.0 Å². The maximum atomic E-state index is 13.7. The Morgan fingerprint density at radius 1 is 1.43 bits per heavy atom. The van der Waals surface area contributed by atoms with Crippen LogP contribution in [0.2, 0.25) is 0 Å². The Bertz CT molecular complexity index is 501. The highest BCUT2D eigenvalue weighted by Gasteiger charge is 2.25. The summed E-state index contributed by atoms with van der Waals surface area (Å²) in [5.41, 5.74) is 1.03. The lowest BCUT2D eigenvalue weighted by molar-refractivity contribution is -0.118. The maximum absolute atomic E-state index is 13.7. The van der Waals surface area contributed by atoms with Crippen molar-refractivity contribution in [3.8, 4) is 0 Å². The normalized spacial score (nSPS) is 21.0. The van der Waals surface area contributed by atoms with E-state index in [4.69, 9.17) is 4.74 Å². The molecule has 0 radical (unpaired) electrons. The number of benzene rings is 1. The van der Waals surface area contributed by atoms with Gasteiger partial charge >= 0.3 is 0 Å². The molecule has 1 heterocycles. The van der Waals surface area contributed by atoms with Gasteiger partial charge in [-0.2, -0.15) is 0 Å². The molecule has 21 heavy (non-hydrogen) atoms. The number of nitrogens with one attached hydrogen (secondary N) is 2. The maximum Gasteiger partial charge on any atom is 0.241 e. The molecule has 1 amide bonds. The van der Waals surface area contributed by atoms with Crippen LogP contribution in [0.25, 0.3) is 0 Å². The summed E-state index contributed by atoms with van der Waals surface area (Å²) in [6.07, 6.45) is 2.22. The van der Waals surface area contributed by atoms with Crippen molar-refractivity contribution in [3.63, 3.8) is 0 Å². The summed E-state index contributed by atoms with van der Waals surface area (Å²) >= 11 is 0. The lowest BCUT2D eigenvalue weighted by Gasteiger charge is -2.24. The third kappa shape index (κ3) is 4.25. The molecule has 0 bridgehead atoms. The Morgan fingerprint density at radius 3 is 2.81 bits per heavy atom. The third-order valence-corrected chi connectivity index (χ3v) is 3.81. The number of hydrogen-bond donors (Lipinski definition) is 2. The van der Waals surface area contributed by atoms with Crippen LogP contribution in [0.15, 0.2) is 18.2 Å². The first-order valence-corrected chi connectivity index (χ1v) is 7.42. The highest BCUT2D eigenvalue weighted by Crippen LogP contribution is 2.17. The van der Waals surface area contributed by atoms with Gasteiger partial charge in [-0.15, -0.1) is 0 Å². The zero-order valence-electron chi connectivity index (χ0n) is 12.8. The van der Waals surface area contributed by atoms with Crippen LogP contribution in [0, 0.1) is 12.7 Å². The largest absolute Gasteiger partial charge is 0.377 e. The van der Waals surface area contributed by atoms with Gasteiger partial charge in [-0.3, -0.25) is 4.79 Å². The summed E-state index contributed by atoms with van der Waals surface area (Å²) in [5, 5.41) is 5.83. The lowest BCUT2D eigenvalue weighted by atomic mass is 10.1. The number of hydrogen-bond acceptors (Lipinski definition) is 3. The zero-order chi connectivity index (χ0) is 15.4. The highest BCUT2D eigenvalue weighted by atomic mass is 19.1. The van der Waals surface area contributed by atoms with Crippen LogP contribution in [0.5, 0.6) is 0 Å². The van der Waals surface area contributed by atoms with Crippen LogP contribution in [0.1, 0.15) is 32.3 Å². The van der Waals surface area contributed by atoms with Crippen LogP contribution in [-0.2, 0) is 9.53 Å². The van der Waals surface area contributed by atoms with Crippen molar-refractivity contribution in [3.05, 3.63) is 29.6 Å². The molecule has 4 nitrogen and oxygen atoms in total. The Labute approximate surface area is 125 Å². The summed E-state index contributed by atoms with van der Waals surface area (Å²) in [7, 11) is 0. The lowest BCUT2D eigenvalue weighted by Crippen LogP contribution is -2.47. The highest BCUT2D eigenvalue weighted by molar-refractivity contribution is 5.94. The number of halogens is 1. The van der Waals surface area contributed by atoms with E-state index < -0.39 is 11.9 Å². The van der Waals surface area contributed by atoms with Gasteiger partial charge in [-0.1, -0.05) is 6.07 Å². The predicted octanol–water partition coefficient (Wildman–Crippen LogP) is 2.62. The molecule has 1 aromatic rings. The first-order valence-electron chi connectivity index (χ1n) is 7.42. The molecule has 0 aliphatic carbocycles. The summed E-state index contributed by atoms with van der Waals surface area (Å²) in [5.74, 6) is -0.662. The topological polar surface area (TPSA) is 50.4 Å². The van der Waals surface area contributed by atoms with E-state index in [1.165, 1.54) is 6.07 Å². The molecule has 5 heteroatoms. The molecule has 2 N–H and O–H groups in total. The van der Waals surface area contributed by atoms with E-state index in [1.54, 1.807) is 19.1 Å². The number of amides is 1. The second kappa shape index (κ2) is 7.00. The Kier molecular flexibility index (Phi) is 5.31. The first kappa shape index (κ1) is 15.9. The minimum Gasteiger partial charge on any atom is -0.377 e. The fraction of sp³-hybridized carbons (Fsp3) is 0.562.